The van der Waals surface area contributed by atoms with Gasteiger partial charge in [-0.1, -0.05) is 66.9 Å². The smallest absolute Gasteiger partial charge is 0.134 e. The van der Waals surface area contributed by atoms with Gasteiger partial charge in [-0.2, -0.15) is 5.10 Å². The van der Waals surface area contributed by atoms with Crippen LogP contribution in [0.4, 0.5) is 4.39 Å². The molecule has 3 nitrogen and oxygen atoms in total. The van der Waals surface area contributed by atoms with Crippen molar-refractivity contribution in [2.24, 2.45) is 5.92 Å². The Morgan fingerprint density at radius 3 is 2.84 bits per heavy atom. The monoisotopic (exact) mass is 467 g/mol. The maximum atomic E-state index is 14.8. The van der Waals surface area contributed by atoms with Gasteiger partial charge in [-0.15, -0.1) is 0 Å². The van der Waals surface area contributed by atoms with Gasteiger partial charge in [0, 0.05) is 29.0 Å². The molecule has 1 unspecified atom stereocenters. The summed E-state index contributed by atoms with van der Waals surface area (Å²) in [6.07, 6.45) is 11.8. The third-order valence-corrected chi connectivity index (χ3v) is 6.59. The van der Waals surface area contributed by atoms with E-state index in [0.29, 0.717) is 27.9 Å². The number of aryl methyl sites for hydroxylation is 2. The lowest BCUT2D eigenvalue weighted by atomic mass is 9.94. The number of allylic oxidation sites excluding steroid dienone is 4. The van der Waals surface area contributed by atoms with Crippen molar-refractivity contribution in [1.29, 1.82) is 0 Å². The lowest BCUT2D eigenvalue weighted by molar-refractivity contribution is 0.621. The Morgan fingerprint density at radius 2 is 2.12 bits per heavy atom. The van der Waals surface area contributed by atoms with Gasteiger partial charge in [0.1, 0.15) is 5.82 Å². The zero-order valence-electron chi connectivity index (χ0n) is 18.6. The van der Waals surface area contributed by atoms with Gasteiger partial charge < -0.3 is 4.72 Å². The summed E-state index contributed by atoms with van der Waals surface area (Å²) >= 11 is 7.91. The predicted molar refractivity (Wildman–Crippen MR) is 136 cm³/mol. The minimum absolute atomic E-state index is 0.351. The molecule has 0 amide bonds. The van der Waals surface area contributed by atoms with Crippen molar-refractivity contribution in [3.63, 3.8) is 0 Å². The largest absolute Gasteiger partial charge is 0.330 e. The highest BCUT2D eigenvalue weighted by Crippen LogP contribution is 2.31. The molecular formula is C26H27ClFN3S. The summed E-state index contributed by atoms with van der Waals surface area (Å²) in [6.45, 7) is 8.09. The van der Waals surface area contributed by atoms with Crippen LogP contribution in [0.2, 0.25) is 5.02 Å². The third-order valence-electron chi connectivity index (χ3n) is 5.84. The molecule has 6 heteroatoms. The van der Waals surface area contributed by atoms with Crippen LogP contribution in [-0.2, 0) is 6.42 Å². The van der Waals surface area contributed by atoms with Crippen molar-refractivity contribution in [3.8, 4) is 5.69 Å². The highest BCUT2D eigenvalue weighted by atomic mass is 35.5. The molecule has 2 aromatic carbocycles. The van der Waals surface area contributed by atoms with Gasteiger partial charge >= 0.3 is 0 Å². The second kappa shape index (κ2) is 9.55. The van der Waals surface area contributed by atoms with Crippen molar-refractivity contribution in [2.75, 3.05) is 6.26 Å². The average Bonchev–Trinajstić information content (AvgIpc) is 3.10. The number of rotatable bonds is 7. The molecular weight excluding hydrogens is 441 g/mol. The highest BCUT2D eigenvalue weighted by Gasteiger charge is 2.17. The van der Waals surface area contributed by atoms with E-state index in [1.165, 1.54) is 29.2 Å². The molecule has 0 fully saturated rings. The molecule has 166 valence electrons. The summed E-state index contributed by atoms with van der Waals surface area (Å²) in [7, 11) is 0. The van der Waals surface area contributed by atoms with Crippen LogP contribution in [-0.4, -0.2) is 16.0 Å². The average molecular weight is 468 g/mol. The Labute approximate surface area is 198 Å². The second-order valence-corrected chi connectivity index (χ2v) is 9.29. The zero-order valence-corrected chi connectivity index (χ0v) is 20.2. The summed E-state index contributed by atoms with van der Waals surface area (Å²) in [5, 5.41) is 6.15. The Morgan fingerprint density at radius 1 is 1.31 bits per heavy atom. The molecule has 0 radical (unpaired) electrons. The Bertz CT molecular complexity index is 1240. The van der Waals surface area contributed by atoms with Crippen LogP contribution in [0.3, 0.4) is 0 Å². The van der Waals surface area contributed by atoms with E-state index < -0.39 is 5.82 Å². The van der Waals surface area contributed by atoms with Gasteiger partial charge in [0.05, 0.1) is 21.9 Å². The van der Waals surface area contributed by atoms with Crippen LogP contribution in [0.25, 0.3) is 22.3 Å². The van der Waals surface area contributed by atoms with Gasteiger partial charge in [-0.3, -0.25) is 0 Å². The van der Waals surface area contributed by atoms with Crippen LogP contribution in [0.5, 0.6) is 0 Å². The van der Waals surface area contributed by atoms with E-state index in [4.69, 9.17) is 11.6 Å². The Kier molecular flexibility index (Phi) is 6.77. The van der Waals surface area contributed by atoms with Gasteiger partial charge in [-0.05, 0) is 55.9 Å². The molecule has 1 heterocycles. The zero-order chi connectivity index (χ0) is 22.8. The molecule has 1 N–H and O–H groups in total. The quantitative estimate of drug-likeness (QED) is 0.366. The van der Waals surface area contributed by atoms with E-state index in [9.17, 15) is 4.39 Å². The molecule has 0 spiro atoms. The van der Waals surface area contributed by atoms with Gasteiger partial charge in [0.2, 0.25) is 0 Å². The summed E-state index contributed by atoms with van der Waals surface area (Å²) in [5.41, 5.74) is 5.81. The molecule has 0 aliphatic heterocycles. The number of benzene rings is 2. The number of hydrogen-bond donors (Lipinski definition) is 1. The Hall–Kier alpha value is -2.50. The maximum absolute atomic E-state index is 14.8. The first-order valence-electron chi connectivity index (χ1n) is 10.7. The number of fused-ring (bicyclic) bond motifs is 1. The fraction of sp³-hybridized carbons (Fsp3) is 0.269. The van der Waals surface area contributed by atoms with E-state index in [2.05, 4.69) is 53.7 Å². The molecule has 32 heavy (non-hydrogen) atoms. The van der Waals surface area contributed by atoms with Gasteiger partial charge in [0.25, 0.3) is 0 Å². The molecule has 1 aromatic heterocycles. The van der Waals surface area contributed by atoms with Crippen LogP contribution < -0.4 is 4.72 Å². The van der Waals surface area contributed by atoms with Gasteiger partial charge in [0.15, 0.2) is 0 Å². The molecule has 0 saturated carbocycles. The molecule has 1 aliphatic rings. The van der Waals surface area contributed by atoms with Crippen molar-refractivity contribution in [3.05, 3.63) is 88.4 Å². The van der Waals surface area contributed by atoms with Crippen LogP contribution >= 0.6 is 23.5 Å². The van der Waals surface area contributed by atoms with Crippen LogP contribution in [0, 0.1) is 18.7 Å². The van der Waals surface area contributed by atoms with Crippen molar-refractivity contribution < 1.29 is 4.39 Å². The third kappa shape index (κ3) is 4.64. The van der Waals surface area contributed by atoms with Crippen LogP contribution in [0.1, 0.15) is 36.6 Å². The number of halogens is 2. The topological polar surface area (TPSA) is 29.9 Å². The molecule has 3 aromatic rings. The van der Waals surface area contributed by atoms with Crippen molar-refractivity contribution >= 4 is 40.1 Å². The van der Waals surface area contributed by atoms with E-state index in [1.807, 2.05) is 19.2 Å². The first kappa shape index (κ1) is 22.7. The summed E-state index contributed by atoms with van der Waals surface area (Å²) < 4.78 is 19.5. The number of hydrogen-bond acceptors (Lipinski definition) is 3. The number of nitrogens with one attached hydrogen (secondary N) is 1. The van der Waals surface area contributed by atoms with Crippen LogP contribution in [0.15, 0.2) is 60.7 Å². The van der Waals surface area contributed by atoms with E-state index >= 15 is 0 Å². The maximum Gasteiger partial charge on any atom is 0.134 e. The Balaban J connectivity index is 1.63. The van der Waals surface area contributed by atoms with E-state index in [0.717, 1.165) is 35.9 Å². The fourth-order valence-electron chi connectivity index (χ4n) is 4.01. The summed E-state index contributed by atoms with van der Waals surface area (Å²) in [6, 6.07) is 9.38. The van der Waals surface area contributed by atoms with Gasteiger partial charge in [-0.25, -0.2) is 9.07 Å². The summed E-state index contributed by atoms with van der Waals surface area (Å²) in [5.74, 6) is 0.242. The lowest BCUT2D eigenvalue weighted by Gasteiger charge is -2.13. The fourth-order valence-corrected chi connectivity index (χ4v) is 4.61. The SMILES string of the molecule is C=C(NSC)c1cc(Cl)c(-n2nc(C)c3cc(CCC4=CCC(C)C=C4)ccc32)cc1F. The number of aromatic nitrogens is 2. The highest BCUT2D eigenvalue weighted by molar-refractivity contribution is 7.97. The minimum Gasteiger partial charge on any atom is -0.330 e. The minimum atomic E-state index is -0.392. The molecule has 1 aliphatic carbocycles. The molecule has 1 atom stereocenters. The molecule has 0 bridgehead atoms. The van der Waals surface area contributed by atoms with E-state index in [1.54, 1.807) is 10.7 Å². The molecule has 0 saturated heterocycles. The second-order valence-electron chi connectivity index (χ2n) is 8.27. The van der Waals surface area contributed by atoms with E-state index in [-0.39, 0.29) is 0 Å². The first-order chi connectivity index (χ1) is 15.4. The lowest BCUT2D eigenvalue weighted by Crippen LogP contribution is -2.05. The summed E-state index contributed by atoms with van der Waals surface area (Å²) in [4.78, 5) is 0. The van der Waals surface area contributed by atoms with Crippen molar-refractivity contribution in [2.45, 2.75) is 33.1 Å². The first-order valence-corrected chi connectivity index (χ1v) is 12.3. The molecule has 4 rings (SSSR count). The number of nitrogens with zero attached hydrogens (tertiary/aromatic N) is 2. The van der Waals surface area contributed by atoms with Crippen molar-refractivity contribution in [1.82, 2.24) is 14.5 Å². The predicted octanol–water partition coefficient (Wildman–Crippen LogP) is 7.42. The normalized spacial score (nSPS) is 15.8. The standard InChI is InChI=1S/C26H27ClFN3S/c1-16-5-7-19(8-6-16)9-10-20-11-12-25-22(13-20)17(2)29-31(25)26-15-24(28)21(14-23(26)27)18(3)30-32-4/h5,7-8,11-16,30H,3,6,9-10H2,1-2,4H3.